The van der Waals surface area contributed by atoms with Crippen LogP contribution in [0.5, 0.6) is 0 Å². The number of aromatic nitrogens is 5. The summed E-state index contributed by atoms with van der Waals surface area (Å²) in [5, 5.41) is 11.5. The first-order chi connectivity index (χ1) is 8.34. The summed E-state index contributed by atoms with van der Waals surface area (Å²) in [6.07, 6.45) is 1.59. The van der Waals surface area contributed by atoms with Gasteiger partial charge in [0.1, 0.15) is 5.69 Å². The maximum atomic E-state index is 5.18. The Bertz CT molecular complexity index is 628. The molecule has 0 aliphatic carbocycles. The van der Waals surface area contributed by atoms with E-state index in [0.717, 1.165) is 5.56 Å². The summed E-state index contributed by atoms with van der Waals surface area (Å²) in [7, 11) is 1.77. The number of aryl methyl sites for hydroxylation is 1. The monoisotopic (exact) mass is 227 g/mol. The third kappa shape index (κ3) is 1.69. The summed E-state index contributed by atoms with van der Waals surface area (Å²) < 4.78 is 6.77. The van der Waals surface area contributed by atoms with Crippen molar-refractivity contribution in [3.05, 3.63) is 36.5 Å². The van der Waals surface area contributed by atoms with Crippen LogP contribution in [0.2, 0.25) is 0 Å². The van der Waals surface area contributed by atoms with Crippen molar-refractivity contribution in [1.82, 2.24) is 25.1 Å². The standard InChI is InChI=1S/C11H9N5O/c1-16-9(7-12-15-16)11-13-10(14-17-11)8-5-3-2-4-6-8/h2-7H,1H3. The van der Waals surface area contributed by atoms with E-state index in [4.69, 9.17) is 4.52 Å². The molecule has 3 aromatic rings. The Morgan fingerprint density at radius 1 is 1.18 bits per heavy atom. The second-order valence-electron chi connectivity index (χ2n) is 3.53. The van der Waals surface area contributed by atoms with Crippen LogP contribution in [-0.2, 0) is 7.05 Å². The van der Waals surface area contributed by atoms with Crippen molar-refractivity contribution in [2.75, 3.05) is 0 Å². The number of nitrogens with zero attached hydrogens (tertiary/aromatic N) is 5. The van der Waals surface area contributed by atoms with Crippen LogP contribution in [0, 0.1) is 0 Å². The molecular weight excluding hydrogens is 218 g/mol. The highest BCUT2D eigenvalue weighted by atomic mass is 16.5. The first-order valence-corrected chi connectivity index (χ1v) is 5.09. The molecule has 0 bridgehead atoms. The fraction of sp³-hybridized carbons (Fsp3) is 0.0909. The molecule has 0 saturated heterocycles. The van der Waals surface area contributed by atoms with Crippen LogP contribution in [0.15, 0.2) is 41.1 Å². The van der Waals surface area contributed by atoms with Gasteiger partial charge in [0.15, 0.2) is 0 Å². The summed E-state index contributed by atoms with van der Waals surface area (Å²) in [5.74, 6) is 0.971. The molecular formula is C11H9N5O. The Labute approximate surface area is 96.9 Å². The van der Waals surface area contributed by atoms with Crippen molar-refractivity contribution >= 4 is 0 Å². The van der Waals surface area contributed by atoms with Crippen LogP contribution in [0.1, 0.15) is 0 Å². The number of benzene rings is 1. The fourth-order valence-electron chi connectivity index (χ4n) is 1.52. The number of rotatable bonds is 2. The minimum atomic E-state index is 0.413. The van der Waals surface area contributed by atoms with E-state index in [1.165, 1.54) is 0 Å². The van der Waals surface area contributed by atoms with Gasteiger partial charge in [-0.05, 0) is 0 Å². The highest BCUT2D eigenvalue weighted by molar-refractivity contribution is 5.57. The van der Waals surface area contributed by atoms with Gasteiger partial charge >= 0.3 is 0 Å². The first kappa shape index (κ1) is 9.71. The van der Waals surface area contributed by atoms with Gasteiger partial charge in [-0.25, -0.2) is 4.68 Å². The smallest absolute Gasteiger partial charge is 0.278 e. The van der Waals surface area contributed by atoms with E-state index in [0.29, 0.717) is 17.4 Å². The van der Waals surface area contributed by atoms with Crippen LogP contribution in [0.3, 0.4) is 0 Å². The normalized spacial score (nSPS) is 10.6. The summed E-state index contributed by atoms with van der Waals surface area (Å²) in [6.45, 7) is 0. The molecule has 0 unspecified atom stereocenters. The molecule has 0 saturated carbocycles. The van der Waals surface area contributed by atoms with Gasteiger partial charge in [-0.2, -0.15) is 4.98 Å². The van der Waals surface area contributed by atoms with Crippen LogP contribution in [0.4, 0.5) is 0 Å². The van der Waals surface area contributed by atoms with Gasteiger partial charge in [0.25, 0.3) is 5.89 Å². The molecule has 2 aromatic heterocycles. The summed E-state index contributed by atoms with van der Waals surface area (Å²) in [4.78, 5) is 4.31. The maximum absolute atomic E-state index is 5.18. The van der Waals surface area contributed by atoms with Crippen LogP contribution in [0.25, 0.3) is 23.0 Å². The minimum absolute atomic E-state index is 0.413. The summed E-state index contributed by atoms with van der Waals surface area (Å²) in [5.41, 5.74) is 1.61. The second-order valence-corrected chi connectivity index (χ2v) is 3.53. The van der Waals surface area contributed by atoms with Gasteiger partial charge < -0.3 is 4.52 Å². The molecule has 6 heteroatoms. The quantitative estimate of drug-likeness (QED) is 0.664. The molecule has 1 aromatic carbocycles. The van der Waals surface area contributed by atoms with Gasteiger partial charge in [0, 0.05) is 12.6 Å². The molecule has 3 rings (SSSR count). The van der Waals surface area contributed by atoms with Crippen LogP contribution < -0.4 is 0 Å². The zero-order valence-electron chi connectivity index (χ0n) is 9.11. The van der Waals surface area contributed by atoms with Crippen LogP contribution >= 0.6 is 0 Å². The average Bonchev–Trinajstić information content (AvgIpc) is 2.98. The molecule has 0 aliphatic heterocycles. The highest BCUT2D eigenvalue weighted by Crippen LogP contribution is 2.20. The zero-order chi connectivity index (χ0) is 11.7. The van der Waals surface area contributed by atoms with E-state index in [1.807, 2.05) is 30.3 Å². The lowest BCUT2D eigenvalue weighted by atomic mass is 10.2. The summed E-state index contributed by atoms with van der Waals surface area (Å²) in [6, 6.07) is 9.65. The van der Waals surface area contributed by atoms with Gasteiger partial charge in [-0.15, -0.1) is 5.10 Å². The topological polar surface area (TPSA) is 69.6 Å². The average molecular weight is 227 g/mol. The van der Waals surface area contributed by atoms with Crippen molar-refractivity contribution in [2.45, 2.75) is 0 Å². The SMILES string of the molecule is Cn1nncc1-c1nc(-c2ccccc2)no1. The van der Waals surface area contributed by atoms with Crippen molar-refractivity contribution in [3.8, 4) is 23.0 Å². The molecule has 0 radical (unpaired) electrons. The molecule has 0 N–H and O–H groups in total. The Hall–Kier alpha value is -2.50. The summed E-state index contributed by atoms with van der Waals surface area (Å²) >= 11 is 0. The van der Waals surface area contributed by atoms with Crippen molar-refractivity contribution in [2.24, 2.45) is 7.05 Å². The molecule has 0 spiro atoms. The lowest BCUT2D eigenvalue weighted by Crippen LogP contribution is -1.93. The molecule has 0 atom stereocenters. The van der Waals surface area contributed by atoms with Gasteiger partial charge in [-0.3, -0.25) is 0 Å². The Balaban J connectivity index is 2.02. The van der Waals surface area contributed by atoms with E-state index in [9.17, 15) is 0 Å². The van der Waals surface area contributed by atoms with Crippen molar-refractivity contribution in [3.63, 3.8) is 0 Å². The zero-order valence-corrected chi connectivity index (χ0v) is 9.11. The van der Waals surface area contributed by atoms with Gasteiger partial charge in [0.05, 0.1) is 6.20 Å². The minimum Gasteiger partial charge on any atom is -0.332 e. The van der Waals surface area contributed by atoms with Crippen molar-refractivity contribution < 1.29 is 4.52 Å². The Morgan fingerprint density at radius 3 is 2.71 bits per heavy atom. The highest BCUT2D eigenvalue weighted by Gasteiger charge is 2.13. The predicted octanol–water partition coefficient (Wildman–Crippen LogP) is 1.53. The van der Waals surface area contributed by atoms with Crippen molar-refractivity contribution in [1.29, 1.82) is 0 Å². The van der Waals surface area contributed by atoms with Crippen LogP contribution in [-0.4, -0.2) is 25.1 Å². The molecule has 0 amide bonds. The second kappa shape index (κ2) is 3.82. The third-order valence-corrected chi connectivity index (χ3v) is 2.39. The predicted molar refractivity (Wildman–Crippen MR) is 59.7 cm³/mol. The molecule has 6 nitrogen and oxygen atoms in total. The van der Waals surface area contributed by atoms with Gasteiger partial charge in [0.2, 0.25) is 5.82 Å². The molecule has 2 heterocycles. The fourth-order valence-corrected chi connectivity index (χ4v) is 1.52. The largest absolute Gasteiger partial charge is 0.332 e. The molecule has 84 valence electrons. The molecule has 17 heavy (non-hydrogen) atoms. The number of hydrogen-bond acceptors (Lipinski definition) is 5. The lowest BCUT2D eigenvalue weighted by molar-refractivity contribution is 0.428. The van der Waals surface area contributed by atoms with E-state index < -0.39 is 0 Å². The van der Waals surface area contributed by atoms with E-state index >= 15 is 0 Å². The first-order valence-electron chi connectivity index (χ1n) is 5.09. The number of hydrogen-bond donors (Lipinski definition) is 0. The lowest BCUT2D eigenvalue weighted by Gasteiger charge is -1.91. The molecule has 0 aliphatic rings. The Morgan fingerprint density at radius 2 is 2.00 bits per heavy atom. The third-order valence-electron chi connectivity index (χ3n) is 2.39. The van der Waals surface area contributed by atoms with E-state index in [2.05, 4.69) is 20.5 Å². The van der Waals surface area contributed by atoms with E-state index in [-0.39, 0.29) is 0 Å². The Kier molecular flexibility index (Phi) is 2.18. The van der Waals surface area contributed by atoms with Gasteiger partial charge in [-0.1, -0.05) is 40.7 Å². The maximum Gasteiger partial charge on any atom is 0.278 e. The molecule has 0 fully saturated rings. The van der Waals surface area contributed by atoms with E-state index in [1.54, 1.807) is 17.9 Å².